The van der Waals surface area contributed by atoms with Crippen molar-refractivity contribution in [2.75, 3.05) is 19.7 Å². The Bertz CT molecular complexity index is 106. The lowest BCUT2D eigenvalue weighted by Gasteiger charge is -2.10. The number of rotatable bonds is 4. The fourth-order valence-electron chi connectivity index (χ4n) is 0.445. The molecular weight excluding hydrogens is 163 g/mol. The molecule has 0 saturated heterocycles. The lowest BCUT2D eigenvalue weighted by molar-refractivity contribution is -0.125. The molecule has 68 valence electrons. The minimum absolute atomic E-state index is 0.254. The summed E-state index contributed by atoms with van der Waals surface area (Å²) in [5.41, 5.74) is 0. The van der Waals surface area contributed by atoms with E-state index in [1.807, 2.05) is 5.32 Å². The van der Waals surface area contributed by atoms with E-state index in [2.05, 4.69) is 0 Å². The number of hydrogen-bond acceptors (Lipinski definition) is 3. The second-order valence-electron chi connectivity index (χ2n) is 2.08. The Kier molecular flexibility index (Phi) is 4.39. The van der Waals surface area contributed by atoms with Crippen molar-refractivity contribution in [3.8, 4) is 0 Å². The molecule has 0 aliphatic heterocycles. The third-order valence-corrected chi connectivity index (χ3v) is 0.916. The maximum Gasteiger partial charge on any atom is 0.401 e. The van der Waals surface area contributed by atoms with Crippen LogP contribution in [0.1, 0.15) is 0 Å². The Morgan fingerprint density at radius 1 is 1.36 bits per heavy atom. The molecule has 0 aromatic heterocycles. The van der Waals surface area contributed by atoms with Crippen LogP contribution >= 0.6 is 0 Å². The van der Waals surface area contributed by atoms with Crippen LogP contribution in [-0.2, 0) is 0 Å². The standard InChI is InChI=1S/C5H10F3NO2/c6-5(7,8)3-9-1-4(11)2-10/h4,9-11H,1-3H2. The fourth-order valence-corrected chi connectivity index (χ4v) is 0.445. The second kappa shape index (κ2) is 4.53. The van der Waals surface area contributed by atoms with Gasteiger partial charge in [0, 0.05) is 6.54 Å². The molecule has 3 nitrogen and oxygen atoms in total. The van der Waals surface area contributed by atoms with Gasteiger partial charge >= 0.3 is 6.18 Å². The molecule has 0 heterocycles. The van der Waals surface area contributed by atoms with Gasteiger partial charge in [0.1, 0.15) is 0 Å². The highest BCUT2D eigenvalue weighted by Crippen LogP contribution is 2.11. The van der Waals surface area contributed by atoms with Crippen molar-refractivity contribution >= 4 is 0 Å². The molecule has 1 unspecified atom stereocenters. The third kappa shape index (κ3) is 7.57. The predicted octanol–water partition coefficient (Wildman–Crippen LogP) is -0.508. The minimum atomic E-state index is -4.27. The first-order chi connectivity index (χ1) is 4.95. The zero-order chi connectivity index (χ0) is 8.91. The summed E-state index contributed by atoms with van der Waals surface area (Å²) in [7, 11) is 0. The van der Waals surface area contributed by atoms with Gasteiger partial charge in [-0.2, -0.15) is 13.2 Å². The Hall–Kier alpha value is -0.330. The van der Waals surface area contributed by atoms with E-state index in [4.69, 9.17) is 10.2 Å². The van der Waals surface area contributed by atoms with Crippen LogP contribution in [0.25, 0.3) is 0 Å². The lowest BCUT2D eigenvalue weighted by atomic mass is 10.4. The summed E-state index contributed by atoms with van der Waals surface area (Å²) in [5, 5.41) is 18.7. The van der Waals surface area contributed by atoms with Gasteiger partial charge in [0.05, 0.1) is 19.3 Å². The van der Waals surface area contributed by atoms with Gasteiger partial charge in [-0.15, -0.1) is 0 Å². The highest BCUT2D eigenvalue weighted by molar-refractivity contribution is 4.60. The van der Waals surface area contributed by atoms with E-state index in [0.717, 1.165) is 0 Å². The highest BCUT2D eigenvalue weighted by atomic mass is 19.4. The molecule has 0 rings (SSSR count). The first-order valence-electron chi connectivity index (χ1n) is 3.02. The fraction of sp³-hybridized carbons (Fsp3) is 1.00. The molecule has 3 N–H and O–H groups in total. The number of aliphatic hydroxyl groups is 2. The van der Waals surface area contributed by atoms with Crippen LogP contribution in [-0.4, -0.2) is 42.2 Å². The van der Waals surface area contributed by atoms with Crippen LogP contribution in [0.2, 0.25) is 0 Å². The molecule has 1 atom stereocenters. The van der Waals surface area contributed by atoms with Crippen molar-refractivity contribution in [3.63, 3.8) is 0 Å². The van der Waals surface area contributed by atoms with E-state index >= 15 is 0 Å². The summed E-state index contributed by atoms with van der Waals surface area (Å²) in [6.07, 6.45) is -5.40. The van der Waals surface area contributed by atoms with Crippen molar-refractivity contribution in [2.24, 2.45) is 0 Å². The Morgan fingerprint density at radius 2 is 1.91 bits per heavy atom. The van der Waals surface area contributed by atoms with Crippen molar-refractivity contribution in [3.05, 3.63) is 0 Å². The third-order valence-electron chi connectivity index (χ3n) is 0.916. The van der Waals surface area contributed by atoms with Crippen LogP contribution in [0.15, 0.2) is 0 Å². The van der Waals surface area contributed by atoms with Crippen LogP contribution in [0.4, 0.5) is 13.2 Å². The quantitative estimate of drug-likeness (QED) is 0.536. The first-order valence-corrected chi connectivity index (χ1v) is 3.02. The normalized spacial score (nSPS) is 15.0. The molecule has 11 heavy (non-hydrogen) atoms. The van der Waals surface area contributed by atoms with E-state index in [9.17, 15) is 13.2 Å². The lowest BCUT2D eigenvalue weighted by Crippen LogP contribution is -2.35. The van der Waals surface area contributed by atoms with Crippen LogP contribution in [0.3, 0.4) is 0 Å². The van der Waals surface area contributed by atoms with Gasteiger partial charge in [0.25, 0.3) is 0 Å². The molecule has 0 amide bonds. The highest BCUT2D eigenvalue weighted by Gasteiger charge is 2.26. The van der Waals surface area contributed by atoms with Crippen molar-refractivity contribution in [2.45, 2.75) is 12.3 Å². The van der Waals surface area contributed by atoms with Gasteiger partial charge in [0.2, 0.25) is 0 Å². The molecule has 0 radical (unpaired) electrons. The predicted molar refractivity (Wildman–Crippen MR) is 32.0 cm³/mol. The minimum Gasteiger partial charge on any atom is -0.394 e. The van der Waals surface area contributed by atoms with Gasteiger partial charge in [-0.25, -0.2) is 0 Å². The molecule has 6 heteroatoms. The molecular formula is C5H10F3NO2. The van der Waals surface area contributed by atoms with Gasteiger partial charge in [-0.1, -0.05) is 0 Å². The summed E-state index contributed by atoms with van der Waals surface area (Å²) in [6, 6.07) is 0. The molecule has 0 saturated carbocycles. The van der Waals surface area contributed by atoms with Crippen molar-refractivity contribution in [1.29, 1.82) is 0 Å². The number of aliphatic hydroxyl groups excluding tert-OH is 2. The number of alkyl halides is 3. The van der Waals surface area contributed by atoms with Crippen molar-refractivity contribution < 1.29 is 23.4 Å². The van der Waals surface area contributed by atoms with E-state index in [0.29, 0.717) is 0 Å². The summed E-state index contributed by atoms with van der Waals surface area (Å²) in [4.78, 5) is 0. The molecule has 0 bridgehead atoms. The maximum absolute atomic E-state index is 11.4. The van der Waals surface area contributed by atoms with Crippen LogP contribution in [0, 0.1) is 0 Å². The average molecular weight is 173 g/mol. The average Bonchev–Trinajstić information content (AvgIpc) is 1.85. The number of nitrogens with one attached hydrogen (secondary N) is 1. The summed E-state index contributed by atoms with van der Waals surface area (Å²) in [5.74, 6) is 0. The summed E-state index contributed by atoms with van der Waals surface area (Å²) in [6.45, 7) is -1.94. The van der Waals surface area contributed by atoms with Gasteiger partial charge in [0.15, 0.2) is 0 Å². The van der Waals surface area contributed by atoms with E-state index in [1.54, 1.807) is 0 Å². The SMILES string of the molecule is OCC(O)CNCC(F)(F)F. The maximum atomic E-state index is 11.4. The molecule has 0 aliphatic rings. The zero-order valence-corrected chi connectivity index (χ0v) is 5.73. The molecule has 0 aromatic carbocycles. The Labute approximate surface area is 61.8 Å². The van der Waals surface area contributed by atoms with Gasteiger partial charge in [-0.3, -0.25) is 0 Å². The first kappa shape index (κ1) is 10.7. The second-order valence-corrected chi connectivity index (χ2v) is 2.08. The van der Waals surface area contributed by atoms with Crippen LogP contribution in [0.5, 0.6) is 0 Å². The Balaban J connectivity index is 3.28. The van der Waals surface area contributed by atoms with E-state index < -0.39 is 25.4 Å². The smallest absolute Gasteiger partial charge is 0.394 e. The Morgan fingerprint density at radius 3 is 2.27 bits per heavy atom. The van der Waals surface area contributed by atoms with Gasteiger partial charge in [-0.05, 0) is 0 Å². The number of halogens is 3. The molecule has 0 aromatic rings. The number of hydrogen-bond donors (Lipinski definition) is 3. The van der Waals surface area contributed by atoms with E-state index in [-0.39, 0.29) is 6.54 Å². The summed E-state index contributed by atoms with van der Waals surface area (Å²) < 4.78 is 34.2. The molecule has 0 spiro atoms. The zero-order valence-electron chi connectivity index (χ0n) is 5.73. The molecule has 0 fully saturated rings. The van der Waals surface area contributed by atoms with Gasteiger partial charge < -0.3 is 15.5 Å². The largest absolute Gasteiger partial charge is 0.401 e. The molecule has 0 aliphatic carbocycles. The van der Waals surface area contributed by atoms with E-state index in [1.165, 1.54) is 0 Å². The summed E-state index contributed by atoms with van der Waals surface area (Å²) >= 11 is 0. The monoisotopic (exact) mass is 173 g/mol. The van der Waals surface area contributed by atoms with Crippen molar-refractivity contribution in [1.82, 2.24) is 5.32 Å². The van der Waals surface area contributed by atoms with Crippen LogP contribution < -0.4 is 5.32 Å². The topological polar surface area (TPSA) is 52.5 Å².